The van der Waals surface area contributed by atoms with Crippen LogP contribution in [-0.4, -0.2) is 94.1 Å². The molecule has 20 nitrogen and oxygen atoms in total. The lowest BCUT2D eigenvalue weighted by atomic mass is 10.2. The molecule has 0 aliphatic carbocycles. The van der Waals surface area contributed by atoms with Gasteiger partial charge in [-0.15, -0.1) is 0 Å². The SMILES string of the molecule is CCCCNC(=O)n1c(NC(=O)OC)nc2ccccc21.CCOC(=O)NC(=S)Nc1ccccc1NC(=S)NC(=O)OCC.COC(=O)Nc1nc2ccccc2[nH]1. The monoisotopic (exact) mass is 851 g/mol. The summed E-state index contributed by atoms with van der Waals surface area (Å²) in [6.07, 6.45) is -0.645. The van der Waals surface area contributed by atoms with Gasteiger partial charge in [0.15, 0.2) is 10.2 Å². The number of fused-ring (bicyclic) bond motifs is 2. The first-order valence-corrected chi connectivity index (χ1v) is 18.7. The van der Waals surface area contributed by atoms with Crippen molar-refractivity contribution in [2.24, 2.45) is 0 Å². The number of carbonyl (C=O) groups excluding carboxylic acids is 5. The number of nitrogens with zero attached hydrogens (tertiary/aromatic N) is 3. The van der Waals surface area contributed by atoms with Crippen molar-refractivity contribution in [3.63, 3.8) is 0 Å². The number of para-hydroxylation sites is 6. The number of hydrogen-bond acceptors (Lipinski definition) is 13. The average Bonchev–Trinajstić information content (AvgIpc) is 3.79. The van der Waals surface area contributed by atoms with Crippen LogP contribution in [0.1, 0.15) is 33.6 Å². The van der Waals surface area contributed by atoms with Gasteiger partial charge < -0.3 is 39.9 Å². The Kier molecular flexibility index (Phi) is 19.3. The van der Waals surface area contributed by atoms with E-state index in [4.69, 9.17) is 33.9 Å². The number of aromatic nitrogens is 4. The van der Waals surface area contributed by atoms with Crippen LogP contribution in [0.3, 0.4) is 0 Å². The zero-order valence-electron chi connectivity index (χ0n) is 32.8. The second kappa shape index (κ2) is 24.5. The van der Waals surface area contributed by atoms with Crippen molar-refractivity contribution < 1.29 is 42.9 Å². The van der Waals surface area contributed by atoms with E-state index in [1.165, 1.54) is 18.8 Å². The summed E-state index contributed by atoms with van der Waals surface area (Å²) in [4.78, 5) is 68.5. The molecule has 8 N–H and O–H groups in total. The van der Waals surface area contributed by atoms with Crippen molar-refractivity contribution in [2.45, 2.75) is 33.6 Å². The molecule has 5 rings (SSSR count). The van der Waals surface area contributed by atoms with Crippen LogP contribution in [0, 0.1) is 0 Å². The van der Waals surface area contributed by atoms with Gasteiger partial charge in [0.05, 0.1) is 60.9 Å². The number of nitrogens with one attached hydrogen (secondary N) is 8. The fourth-order valence-corrected chi connectivity index (χ4v) is 4.98. The maximum absolute atomic E-state index is 12.3. The summed E-state index contributed by atoms with van der Waals surface area (Å²) < 4.78 is 19.8. The van der Waals surface area contributed by atoms with Gasteiger partial charge in [-0.3, -0.25) is 21.3 Å². The number of ether oxygens (including phenoxy) is 4. The van der Waals surface area contributed by atoms with Crippen molar-refractivity contribution in [1.29, 1.82) is 0 Å². The molecule has 5 aromatic rings. The van der Waals surface area contributed by atoms with E-state index in [0.29, 0.717) is 34.9 Å². The molecule has 0 aliphatic heterocycles. The molecule has 0 atom stereocenters. The molecule has 0 spiro atoms. The van der Waals surface area contributed by atoms with Crippen LogP contribution in [0.25, 0.3) is 22.1 Å². The van der Waals surface area contributed by atoms with Crippen LogP contribution < -0.4 is 37.2 Å². The third kappa shape index (κ3) is 15.4. The fraction of sp³-hybridized carbons (Fsp3) is 0.270. The van der Waals surface area contributed by atoms with Gasteiger partial charge in [-0.2, -0.15) is 0 Å². The molecule has 0 unspecified atom stereocenters. The van der Waals surface area contributed by atoms with Gasteiger partial charge in [0.1, 0.15) is 0 Å². The van der Waals surface area contributed by atoms with Crippen LogP contribution in [0.2, 0.25) is 0 Å². The number of alkyl carbamates (subject to hydrolysis) is 2. The quantitative estimate of drug-likeness (QED) is 0.0427. The standard InChI is InChI=1S/C14H18N4O4S2.C14H18N4O3.C9H9N3O2/c1-3-21-13(19)17-11(23)15-9-7-5-6-8-10(9)16-12(24)18-14(20)22-4-2;1-3-4-9-15-13(19)18-11-8-6-5-7-10(11)16-12(18)17-14(20)21-2;1-14-9(13)12-8-10-6-4-2-3-5-7(6)11-8/h5-8H,3-4H2,1-2H3,(H2,15,17,19,23)(H2,16,18,20,24);5-8H,3-4,9H2,1-2H3,(H,15,19)(H,16,17,20);2-5H,1H3,(H2,10,11,12,13). The Bertz CT molecular complexity index is 2140. The molecule has 0 fully saturated rings. The highest BCUT2D eigenvalue weighted by Crippen LogP contribution is 2.21. The second-order valence-electron chi connectivity index (χ2n) is 11.3. The van der Waals surface area contributed by atoms with Crippen LogP contribution in [0.4, 0.5) is 47.2 Å². The van der Waals surface area contributed by atoms with Gasteiger partial charge in [0.25, 0.3) is 0 Å². The molecule has 2 aromatic heterocycles. The number of carbonyl (C=O) groups is 5. The molecule has 3 aromatic carbocycles. The minimum absolute atomic E-state index is 0.0620. The van der Waals surface area contributed by atoms with E-state index in [9.17, 15) is 24.0 Å². The Morgan fingerprint density at radius 1 is 0.661 bits per heavy atom. The van der Waals surface area contributed by atoms with E-state index in [1.807, 2.05) is 43.3 Å². The molecule has 0 radical (unpaired) electrons. The number of benzene rings is 3. The zero-order valence-corrected chi connectivity index (χ0v) is 34.4. The van der Waals surface area contributed by atoms with E-state index in [-0.39, 0.29) is 35.4 Å². The molecular formula is C37H45N11O9S2. The summed E-state index contributed by atoms with van der Waals surface area (Å²) in [6.45, 7) is 6.46. The number of rotatable bonds is 9. The molecule has 22 heteroatoms. The van der Waals surface area contributed by atoms with E-state index in [1.54, 1.807) is 50.2 Å². The summed E-state index contributed by atoms with van der Waals surface area (Å²) >= 11 is 10.1. The van der Waals surface area contributed by atoms with Gasteiger partial charge in [-0.25, -0.2) is 38.5 Å². The third-order valence-electron chi connectivity index (χ3n) is 7.17. The lowest BCUT2D eigenvalue weighted by Gasteiger charge is -2.15. The second-order valence-corrected chi connectivity index (χ2v) is 12.1. The van der Waals surface area contributed by atoms with Crippen LogP contribution >= 0.6 is 24.4 Å². The summed E-state index contributed by atoms with van der Waals surface area (Å²) in [5.74, 6) is 0.523. The summed E-state index contributed by atoms with van der Waals surface area (Å²) in [7, 11) is 2.56. The van der Waals surface area contributed by atoms with Crippen molar-refractivity contribution >= 4 is 110 Å². The highest BCUT2D eigenvalue weighted by atomic mass is 32.1. The Balaban J connectivity index is 0.000000244. The number of anilines is 4. The predicted octanol–water partition coefficient (Wildman–Crippen LogP) is 6.89. The van der Waals surface area contributed by atoms with Gasteiger partial charge >= 0.3 is 30.4 Å². The Morgan fingerprint density at radius 2 is 1.19 bits per heavy atom. The smallest absolute Gasteiger partial charge is 0.413 e. The lowest BCUT2D eigenvalue weighted by molar-refractivity contribution is 0.157. The minimum atomic E-state index is -0.673. The number of unbranched alkanes of at least 4 members (excludes halogenated alkanes) is 1. The maximum atomic E-state index is 12.3. The molecular weight excluding hydrogens is 807 g/mol. The fourth-order valence-electron chi connectivity index (χ4n) is 4.60. The van der Waals surface area contributed by atoms with Crippen molar-refractivity contribution in [1.82, 2.24) is 35.5 Å². The van der Waals surface area contributed by atoms with Crippen molar-refractivity contribution in [3.8, 4) is 0 Å². The van der Waals surface area contributed by atoms with E-state index < -0.39 is 24.4 Å². The number of thiocarbonyl (C=S) groups is 2. The average molecular weight is 852 g/mol. The number of imidazole rings is 2. The number of methoxy groups -OCH3 is 2. The van der Waals surface area contributed by atoms with Crippen LogP contribution in [0.5, 0.6) is 0 Å². The zero-order chi connectivity index (χ0) is 43.2. The van der Waals surface area contributed by atoms with Gasteiger partial charge in [-0.05, 0) is 81.1 Å². The minimum Gasteiger partial charge on any atom is -0.453 e. The molecule has 5 amide bonds. The third-order valence-corrected chi connectivity index (χ3v) is 7.58. The Morgan fingerprint density at radius 3 is 1.73 bits per heavy atom. The number of H-pyrrole nitrogens is 1. The number of hydrogen-bond donors (Lipinski definition) is 8. The van der Waals surface area contributed by atoms with Gasteiger partial charge in [0.2, 0.25) is 11.9 Å². The lowest BCUT2D eigenvalue weighted by Crippen LogP contribution is -2.36. The van der Waals surface area contributed by atoms with Crippen molar-refractivity contribution in [2.75, 3.05) is 55.2 Å². The van der Waals surface area contributed by atoms with Crippen LogP contribution in [0.15, 0.2) is 72.8 Å². The van der Waals surface area contributed by atoms with Gasteiger partial charge in [0, 0.05) is 6.54 Å². The molecule has 2 heterocycles. The normalized spacial score (nSPS) is 9.92. The Hall–Kier alpha value is -7.07. The predicted molar refractivity (Wildman–Crippen MR) is 231 cm³/mol. The number of amides is 5. The summed E-state index contributed by atoms with van der Waals surface area (Å²) in [5, 5.41) is 18.2. The first kappa shape index (κ1) is 46.3. The molecule has 314 valence electrons. The number of aromatic amines is 1. The largest absolute Gasteiger partial charge is 0.453 e. The summed E-state index contributed by atoms with van der Waals surface area (Å²) in [6, 6.07) is 21.3. The maximum Gasteiger partial charge on any atom is 0.413 e. The highest BCUT2D eigenvalue weighted by Gasteiger charge is 2.18. The van der Waals surface area contributed by atoms with E-state index >= 15 is 0 Å². The summed E-state index contributed by atoms with van der Waals surface area (Å²) in [5.41, 5.74) is 4.02. The topological polar surface area (TPSA) is 253 Å². The Labute approximate surface area is 349 Å². The highest BCUT2D eigenvalue weighted by molar-refractivity contribution is 7.80. The first-order valence-electron chi connectivity index (χ1n) is 17.9. The van der Waals surface area contributed by atoms with E-state index in [2.05, 4.69) is 61.6 Å². The van der Waals surface area contributed by atoms with Crippen LogP contribution in [-0.2, 0) is 18.9 Å². The molecule has 0 saturated heterocycles. The molecule has 0 saturated carbocycles. The first-order chi connectivity index (χ1) is 28.4. The molecule has 0 aliphatic rings. The van der Waals surface area contributed by atoms with Crippen molar-refractivity contribution in [3.05, 3.63) is 72.8 Å². The molecule has 59 heavy (non-hydrogen) atoms. The molecule has 0 bridgehead atoms. The van der Waals surface area contributed by atoms with Gasteiger partial charge in [-0.1, -0.05) is 49.7 Å². The van der Waals surface area contributed by atoms with E-state index in [0.717, 1.165) is 23.9 Å².